The maximum Gasteiger partial charge on any atom is 0.129 e. The van der Waals surface area contributed by atoms with Crippen molar-refractivity contribution < 1.29 is 9.13 Å². The predicted octanol–water partition coefficient (Wildman–Crippen LogP) is 2.99. The Hall–Kier alpha value is -2.03. The van der Waals surface area contributed by atoms with Crippen LogP contribution in [0.25, 0.3) is 0 Å². The minimum Gasteiger partial charge on any atom is -0.489 e. The summed E-state index contributed by atoms with van der Waals surface area (Å²) in [6, 6.07) is 13.6. The van der Waals surface area contributed by atoms with E-state index in [4.69, 9.17) is 10.5 Å². The zero-order chi connectivity index (χ0) is 11.4. The molecule has 2 nitrogen and oxygen atoms in total. The number of rotatable bonds is 3. The molecule has 0 aromatic heterocycles. The van der Waals surface area contributed by atoms with Crippen LogP contribution in [0.4, 0.5) is 10.1 Å². The molecular formula is C13H12FNO. The summed E-state index contributed by atoms with van der Waals surface area (Å²) in [7, 11) is 0. The van der Waals surface area contributed by atoms with Crippen molar-refractivity contribution in [2.45, 2.75) is 6.61 Å². The van der Waals surface area contributed by atoms with E-state index in [-0.39, 0.29) is 12.4 Å². The van der Waals surface area contributed by atoms with Crippen molar-refractivity contribution in [3.8, 4) is 5.75 Å². The summed E-state index contributed by atoms with van der Waals surface area (Å²) in [5, 5.41) is 0. The second-order valence-electron chi connectivity index (χ2n) is 3.45. The fraction of sp³-hybridized carbons (Fsp3) is 0.0769. The van der Waals surface area contributed by atoms with Gasteiger partial charge in [-0.15, -0.1) is 0 Å². The van der Waals surface area contributed by atoms with Gasteiger partial charge >= 0.3 is 0 Å². The van der Waals surface area contributed by atoms with Crippen molar-refractivity contribution in [3.63, 3.8) is 0 Å². The van der Waals surface area contributed by atoms with Crippen LogP contribution in [0.2, 0.25) is 0 Å². The number of nitrogens with two attached hydrogens (primary N) is 1. The first kappa shape index (κ1) is 10.5. The van der Waals surface area contributed by atoms with E-state index in [2.05, 4.69) is 0 Å². The Labute approximate surface area is 93.5 Å². The molecule has 2 rings (SSSR count). The lowest BCUT2D eigenvalue weighted by Crippen LogP contribution is -1.98. The number of ether oxygens (including phenoxy) is 1. The van der Waals surface area contributed by atoms with Gasteiger partial charge in [-0.3, -0.25) is 0 Å². The van der Waals surface area contributed by atoms with Gasteiger partial charge in [0.15, 0.2) is 0 Å². The molecule has 82 valence electrons. The van der Waals surface area contributed by atoms with Crippen LogP contribution < -0.4 is 10.5 Å². The van der Waals surface area contributed by atoms with Gasteiger partial charge in [-0.05, 0) is 18.2 Å². The molecule has 0 unspecified atom stereocenters. The second kappa shape index (κ2) is 4.66. The summed E-state index contributed by atoms with van der Waals surface area (Å²) in [6.45, 7) is 0.204. The van der Waals surface area contributed by atoms with Gasteiger partial charge in [-0.25, -0.2) is 4.39 Å². The summed E-state index contributed by atoms with van der Waals surface area (Å²) >= 11 is 0. The molecule has 16 heavy (non-hydrogen) atoms. The molecular weight excluding hydrogens is 205 g/mol. The minimum atomic E-state index is -0.258. The van der Waals surface area contributed by atoms with Crippen LogP contribution in [-0.4, -0.2) is 0 Å². The Bertz CT molecular complexity index is 485. The number of nitrogen functional groups attached to an aromatic ring is 1. The number of hydrogen-bond acceptors (Lipinski definition) is 2. The molecule has 0 radical (unpaired) electrons. The van der Waals surface area contributed by atoms with Crippen LogP contribution in [-0.2, 0) is 6.61 Å². The molecule has 0 saturated heterocycles. The average molecular weight is 217 g/mol. The first-order valence-corrected chi connectivity index (χ1v) is 4.97. The van der Waals surface area contributed by atoms with Gasteiger partial charge in [-0.1, -0.05) is 24.3 Å². The number of anilines is 1. The van der Waals surface area contributed by atoms with E-state index in [9.17, 15) is 4.39 Å². The first-order chi connectivity index (χ1) is 7.75. The second-order valence-corrected chi connectivity index (χ2v) is 3.45. The molecule has 0 amide bonds. The van der Waals surface area contributed by atoms with E-state index in [1.807, 2.05) is 0 Å². The van der Waals surface area contributed by atoms with Crippen LogP contribution in [0, 0.1) is 5.82 Å². The third-order valence-electron chi connectivity index (χ3n) is 2.21. The Morgan fingerprint density at radius 1 is 1.06 bits per heavy atom. The molecule has 0 aliphatic carbocycles. The van der Waals surface area contributed by atoms with Crippen LogP contribution in [0.15, 0.2) is 48.5 Å². The molecule has 0 spiro atoms. The third kappa shape index (κ3) is 2.51. The van der Waals surface area contributed by atoms with E-state index in [1.54, 1.807) is 42.5 Å². The highest BCUT2D eigenvalue weighted by atomic mass is 19.1. The van der Waals surface area contributed by atoms with Gasteiger partial charge in [-0.2, -0.15) is 0 Å². The van der Waals surface area contributed by atoms with Gasteiger partial charge in [0, 0.05) is 17.3 Å². The Kier molecular flexibility index (Phi) is 3.05. The third-order valence-corrected chi connectivity index (χ3v) is 2.21. The highest BCUT2D eigenvalue weighted by Gasteiger charge is 2.01. The summed E-state index contributed by atoms with van der Waals surface area (Å²) < 4.78 is 18.7. The van der Waals surface area contributed by atoms with Gasteiger partial charge in [0.05, 0.1) is 0 Å². The standard InChI is InChI=1S/C13H12FNO/c14-13-7-2-1-4-10(13)9-16-12-6-3-5-11(15)8-12/h1-8H,9,15H2. The first-order valence-electron chi connectivity index (χ1n) is 4.97. The topological polar surface area (TPSA) is 35.2 Å². The zero-order valence-electron chi connectivity index (χ0n) is 8.69. The summed E-state index contributed by atoms with van der Waals surface area (Å²) in [5.74, 6) is 0.384. The number of hydrogen-bond donors (Lipinski definition) is 1. The van der Waals surface area contributed by atoms with Gasteiger partial charge in [0.25, 0.3) is 0 Å². The maximum absolute atomic E-state index is 13.3. The van der Waals surface area contributed by atoms with Crippen molar-refractivity contribution in [1.29, 1.82) is 0 Å². The van der Waals surface area contributed by atoms with Crippen molar-refractivity contribution in [2.75, 3.05) is 5.73 Å². The molecule has 0 saturated carbocycles. The molecule has 0 heterocycles. The lowest BCUT2D eigenvalue weighted by Gasteiger charge is -2.07. The molecule has 0 aliphatic heterocycles. The molecule has 0 aliphatic rings. The van der Waals surface area contributed by atoms with Crippen LogP contribution in [0.3, 0.4) is 0 Å². The van der Waals surface area contributed by atoms with Crippen LogP contribution in [0.5, 0.6) is 5.75 Å². The Balaban J connectivity index is 2.05. The lowest BCUT2D eigenvalue weighted by atomic mass is 10.2. The normalized spacial score (nSPS) is 10.1. The molecule has 3 heteroatoms. The lowest BCUT2D eigenvalue weighted by molar-refractivity contribution is 0.300. The molecule has 2 aromatic rings. The highest BCUT2D eigenvalue weighted by Crippen LogP contribution is 2.17. The van der Waals surface area contributed by atoms with Gasteiger partial charge < -0.3 is 10.5 Å². The molecule has 0 bridgehead atoms. The SMILES string of the molecule is Nc1cccc(OCc2ccccc2F)c1. The summed E-state index contributed by atoms with van der Waals surface area (Å²) in [4.78, 5) is 0. The Morgan fingerprint density at radius 3 is 2.62 bits per heavy atom. The quantitative estimate of drug-likeness (QED) is 0.802. The number of halogens is 1. The van der Waals surface area contributed by atoms with Crippen molar-refractivity contribution >= 4 is 5.69 Å². The maximum atomic E-state index is 13.3. The van der Waals surface area contributed by atoms with E-state index in [1.165, 1.54) is 6.07 Å². The summed E-state index contributed by atoms with van der Waals surface area (Å²) in [5.41, 5.74) is 6.77. The smallest absolute Gasteiger partial charge is 0.129 e. The van der Waals surface area contributed by atoms with Crippen molar-refractivity contribution in [1.82, 2.24) is 0 Å². The monoisotopic (exact) mass is 217 g/mol. The van der Waals surface area contributed by atoms with E-state index in [0.29, 0.717) is 17.0 Å². The van der Waals surface area contributed by atoms with Crippen molar-refractivity contribution in [2.24, 2.45) is 0 Å². The van der Waals surface area contributed by atoms with Crippen LogP contribution in [0.1, 0.15) is 5.56 Å². The van der Waals surface area contributed by atoms with Gasteiger partial charge in [0.2, 0.25) is 0 Å². The molecule has 2 aromatic carbocycles. The molecule has 0 atom stereocenters. The number of benzene rings is 2. The fourth-order valence-electron chi connectivity index (χ4n) is 1.38. The minimum absolute atomic E-state index is 0.204. The Morgan fingerprint density at radius 2 is 1.88 bits per heavy atom. The highest BCUT2D eigenvalue weighted by molar-refractivity contribution is 5.43. The van der Waals surface area contributed by atoms with Gasteiger partial charge in [0.1, 0.15) is 18.2 Å². The largest absolute Gasteiger partial charge is 0.489 e. The van der Waals surface area contributed by atoms with Crippen molar-refractivity contribution in [3.05, 3.63) is 59.9 Å². The fourth-order valence-corrected chi connectivity index (χ4v) is 1.38. The van der Waals surface area contributed by atoms with Crippen LogP contribution >= 0.6 is 0 Å². The molecule has 0 fully saturated rings. The molecule has 2 N–H and O–H groups in total. The summed E-state index contributed by atoms with van der Waals surface area (Å²) in [6.07, 6.45) is 0. The predicted molar refractivity (Wildman–Crippen MR) is 61.6 cm³/mol. The van der Waals surface area contributed by atoms with E-state index >= 15 is 0 Å². The zero-order valence-corrected chi connectivity index (χ0v) is 8.69. The van der Waals surface area contributed by atoms with E-state index < -0.39 is 0 Å². The van der Waals surface area contributed by atoms with E-state index in [0.717, 1.165) is 0 Å². The average Bonchev–Trinajstić information content (AvgIpc) is 2.28.